The molecular formula is C17H20N4O5S. The lowest BCUT2D eigenvalue weighted by molar-refractivity contribution is 0.0696. The van der Waals surface area contributed by atoms with E-state index in [1.807, 2.05) is 0 Å². The first-order valence-corrected chi connectivity index (χ1v) is 9.77. The van der Waals surface area contributed by atoms with Crippen LogP contribution < -0.4 is 0 Å². The fraction of sp³-hybridized carbons (Fsp3) is 0.353. The molecular weight excluding hydrogens is 372 g/mol. The van der Waals surface area contributed by atoms with Gasteiger partial charge in [0.1, 0.15) is 5.82 Å². The Hall–Kier alpha value is -2.72. The topological polar surface area (TPSA) is 113 Å². The smallest absolute Gasteiger partial charge is 0.335 e. The van der Waals surface area contributed by atoms with Gasteiger partial charge in [0.25, 0.3) is 15.9 Å². The first-order chi connectivity index (χ1) is 12.7. The molecule has 0 radical (unpaired) electrons. The van der Waals surface area contributed by atoms with Crippen LogP contribution in [0.5, 0.6) is 0 Å². The summed E-state index contributed by atoms with van der Waals surface area (Å²) in [5, 5.41) is 9.05. The highest BCUT2D eigenvalue weighted by Gasteiger charge is 2.32. The maximum Gasteiger partial charge on any atom is 0.335 e. The van der Waals surface area contributed by atoms with Crippen molar-refractivity contribution >= 4 is 21.9 Å². The number of carbonyl (C=O) groups is 2. The molecule has 1 aliphatic heterocycles. The van der Waals surface area contributed by atoms with E-state index >= 15 is 0 Å². The van der Waals surface area contributed by atoms with Crippen molar-refractivity contribution in [2.24, 2.45) is 7.05 Å². The highest BCUT2D eigenvalue weighted by molar-refractivity contribution is 7.89. The van der Waals surface area contributed by atoms with Crippen LogP contribution in [0.2, 0.25) is 0 Å². The largest absolute Gasteiger partial charge is 0.478 e. The fourth-order valence-corrected chi connectivity index (χ4v) is 4.33. The Morgan fingerprint density at radius 2 is 1.74 bits per heavy atom. The van der Waals surface area contributed by atoms with Crippen LogP contribution in [0.1, 0.15) is 26.5 Å². The summed E-state index contributed by atoms with van der Waals surface area (Å²) in [7, 11) is -1.98. The van der Waals surface area contributed by atoms with Crippen LogP contribution in [-0.4, -0.2) is 70.3 Å². The summed E-state index contributed by atoms with van der Waals surface area (Å²) < 4.78 is 28.4. The lowest BCUT2D eigenvalue weighted by atomic mass is 10.1. The van der Waals surface area contributed by atoms with Crippen molar-refractivity contribution in [3.63, 3.8) is 0 Å². The lowest BCUT2D eigenvalue weighted by Gasteiger charge is -2.33. The van der Waals surface area contributed by atoms with Crippen molar-refractivity contribution in [1.29, 1.82) is 0 Å². The van der Waals surface area contributed by atoms with Crippen molar-refractivity contribution in [1.82, 2.24) is 18.8 Å². The molecule has 0 unspecified atom stereocenters. The number of piperazine rings is 1. The summed E-state index contributed by atoms with van der Waals surface area (Å²) in [6, 6.07) is 5.80. The first kappa shape index (κ1) is 19.1. The standard InChI is InChI=1S/C17H20N4O5S/c1-12-18-15(11-19(12)2)27(25,26)21-8-6-20(7-9-21)16(22)13-4-3-5-14(10-13)17(23)24/h3-5,10-11H,6-9H2,1-2H3,(H,23,24). The zero-order chi connectivity index (χ0) is 19.8. The monoisotopic (exact) mass is 392 g/mol. The molecule has 1 fully saturated rings. The number of carboxylic acid groups (broad SMARTS) is 1. The zero-order valence-electron chi connectivity index (χ0n) is 15.0. The third-order valence-electron chi connectivity index (χ3n) is 4.57. The number of nitrogens with zero attached hydrogens (tertiary/aromatic N) is 4. The lowest BCUT2D eigenvalue weighted by Crippen LogP contribution is -2.50. The number of benzene rings is 1. The van der Waals surface area contributed by atoms with Gasteiger partial charge < -0.3 is 14.6 Å². The molecule has 27 heavy (non-hydrogen) atoms. The number of imidazole rings is 1. The molecule has 1 amide bonds. The van der Waals surface area contributed by atoms with Gasteiger partial charge in [-0.2, -0.15) is 4.31 Å². The van der Waals surface area contributed by atoms with Crippen LogP contribution in [0, 0.1) is 6.92 Å². The Bertz CT molecular complexity index is 971. The van der Waals surface area contributed by atoms with Crippen LogP contribution in [0.25, 0.3) is 0 Å². The van der Waals surface area contributed by atoms with Gasteiger partial charge in [-0.05, 0) is 25.1 Å². The zero-order valence-corrected chi connectivity index (χ0v) is 15.8. The van der Waals surface area contributed by atoms with E-state index in [-0.39, 0.29) is 48.2 Å². The predicted molar refractivity (Wildman–Crippen MR) is 96.0 cm³/mol. The third kappa shape index (κ3) is 3.71. The highest BCUT2D eigenvalue weighted by atomic mass is 32.2. The van der Waals surface area contributed by atoms with Crippen molar-refractivity contribution < 1.29 is 23.1 Å². The van der Waals surface area contributed by atoms with E-state index in [2.05, 4.69) is 4.98 Å². The van der Waals surface area contributed by atoms with Gasteiger partial charge in [0.2, 0.25) is 0 Å². The average molecular weight is 392 g/mol. The molecule has 10 heteroatoms. The van der Waals surface area contributed by atoms with Gasteiger partial charge in [-0.3, -0.25) is 4.79 Å². The molecule has 1 aromatic heterocycles. The minimum atomic E-state index is -3.71. The molecule has 0 atom stereocenters. The molecule has 2 heterocycles. The number of hydrogen-bond acceptors (Lipinski definition) is 5. The van der Waals surface area contributed by atoms with E-state index in [1.54, 1.807) is 24.6 Å². The Balaban J connectivity index is 1.70. The summed E-state index contributed by atoms with van der Waals surface area (Å²) in [5.41, 5.74) is 0.305. The fourth-order valence-electron chi connectivity index (χ4n) is 2.88. The second kappa shape index (κ2) is 7.12. The summed E-state index contributed by atoms with van der Waals surface area (Å²) in [6.07, 6.45) is 1.47. The van der Waals surface area contributed by atoms with Gasteiger partial charge in [-0.15, -0.1) is 0 Å². The molecule has 1 aromatic carbocycles. The van der Waals surface area contributed by atoms with Gasteiger partial charge >= 0.3 is 5.97 Å². The quantitative estimate of drug-likeness (QED) is 0.814. The molecule has 0 aliphatic carbocycles. The normalized spacial score (nSPS) is 15.7. The van der Waals surface area contributed by atoms with Crippen molar-refractivity contribution in [3.8, 4) is 0 Å². The minimum Gasteiger partial charge on any atom is -0.478 e. The number of carbonyl (C=O) groups excluding carboxylic acids is 1. The highest BCUT2D eigenvalue weighted by Crippen LogP contribution is 2.18. The SMILES string of the molecule is Cc1nc(S(=O)(=O)N2CCN(C(=O)c3cccc(C(=O)O)c3)CC2)cn1C. The van der Waals surface area contributed by atoms with E-state index < -0.39 is 16.0 Å². The summed E-state index contributed by atoms with van der Waals surface area (Å²) in [5.74, 6) is -0.823. The summed E-state index contributed by atoms with van der Waals surface area (Å²) >= 11 is 0. The summed E-state index contributed by atoms with van der Waals surface area (Å²) in [4.78, 5) is 29.3. The maximum atomic E-state index is 12.7. The Labute approximate surface area is 156 Å². The van der Waals surface area contributed by atoms with Crippen molar-refractivity contribution in [3.05, 3.63) is 47.4 Å². The summed E-state index contributed by atoms with van der Waals surface area (Å²) in [6.45, 7) is 2.48. The Kier molecular flexibility index (Phi) is 5.03. The number of aryl methyl sites for hydroxylation is 2. The van der Waals surface area contributed by atoms with Crippen LogP contribution in [0.3, 0.4) is 0 Å². The minimum absolute atomic E-state index is 0.00330. The van der Waals surface area contributed by atoms with Crippen LogP contribution in [0.4, 0.5) is 0 Å². The molecule has 9 nitrogen and oxygen atoms in total. The van der Waals surface area contributed by atoms with Crippen molar-refractivity contribution in [2.75, 3.05) is 26.2 Å². The number of rotatable bonds is 4. The van der Waals surface area contributed by atoms with Gasteiger partial charge in [0, 0.05) is 45.0 Å². The van der Waals surface area contributed by atoms with E-state index in [0.717, 1.165) is 0 Å². The predicted octanol–water partition coefficient (Wildman–Crippen LogP) is 0.573. The maximum absolute atomic E-state index is 12.7. The number of sulfonamides is 1. The van der Waals surface area contributed by atoms with Gasteiger partial charge in [-0.25, -0.2) is 18.2 Å². The number of carboxylic acids is 1. The Morgan fingerprint density at radius 3 is 2.30 bits per heavy atom. The third-order valence-corrected chi connectivity index (χ3v) is 6.34. The molecule has 144 valence electrons. The Morgan fingerprint density at radius 1 is 1.11 bits per heavy atom. The van der Waals surface area contributed by atoms with E-state index in [1.165, 1.54) is 33.6 Å². The van der Waals surface area contributed by atoms with E-state index in [9.17, 15) is 18.0 Å². The molecule has 1 N–H and O–H groups in total. The first-order valence-electron chi connectivity index (χ1n) is 8.33. The van der Waals surface area contributed by atoms with Crippen LogP contribution in [0.15, 0.2) is 35.5 Å². The molecule has 3 rings (SSSR count). The second-order valence-corrected chi connectivity index (χ2v) is 8.20. The average Bonchev–Trinajstić information content (AvgIpc) is 3.01. The molecule has 1 saturated heterocycles. The molecule has 0 spiro atoms. The van der Waals surface area contributed by atoms with Crippen molar-refractivity contribution in [2.45, 2.75) is 11.9 Å². The van der Waals surface area contributed by atoms with Gasteiger partial charge in [0.15, 0.2) is 5.03 Å². The van der Waals surface area contributed by atoms with E-state index in [0.29, 0.717) is 5.82 Å². The molecule has 2 aromatic rings. The number of amides is 1. The van der Waals surface area contributed by atoms with Crippen LogP contribution in [-0.2, 0) is 17.1 Å². The van der Waals surface area contributed by atoms with E-state index in [4.69, 9.17) is 5.11 Å². The molecule has 1 aliphatic rings. The number of aromatic nitrogens is 2. The van der Waals surface area contributed by atoms with Gasteiger partial charge in [0.05, 0.1) is 5.56 Å². The molecule has 0 bridgehead atoms. The van der Waals surface area contributed by atoms with Gasteiger partial charge in [-0.1, -0.05) is 6.07 Å². The number of hydrogen-bond donors (Lipinski definition) is 1. The number of aromatic carboxylic acids is 1. The second-order valence-electron chi connectivity index (χ2n) is 6.32. The molecule has 0 saturated carbocycles. The van der Waals surface area contributed by atoms with Crippen LogP contribution >= 0.6 is 0 Å².